The Morgan fingerprint density at radius 2 is 0.781 bits per heavy atom. The highest BCUT2D eigenvalue weighted by molar-refractivity contribution is 5.70. The van der Waals surface area contributed by atoms with Crippen molar-refractivity contribution < 1.29 is 27.6 Å². The Morgan fingerprint density at radius 3 is 0.938 bits per heavy atom. The summed E-state index contributed by atoms with van der Waals surface area (Å²) in [5.41, 5.74) is 0. The third-order valence-electron chi connectivity index (χ3n) is 6.18. The number of unbranched alkanes of at least 4 members (excludes halogenated alkanes) is 12. The summed E-state index contributed by atoms with van der Waals surface area (Å²) in [5.74, 6) is -3.01. The van der Waals surface area contributed by atoms with E-state index in [1.165, 1.54) is 133 Å². The second kappa shape index (κ2) is 22.0. The third kappa shape index (κ3) is 21.1. The number of halogens is 3. The summed E-state index contributed by atoms with van der Waals surface area (Å²) in [6.07, 6.45) is 17.7. The Bertz CT molecular complexity index is 361. The molecule has 0 fully saturated rings. The average Bonchev–Trinajstić information content (AvgIpc) is 2.74. The maximum absolute atomic E-state index is 10.5. The Morgan fingerprint density at radius 1 is 0.562 bits per heavy atom. The van der Waals surface area contributed by atoms with Crippen LogP contribution in [0.3, 0.4) is 0 Å². The molecule has 0 bridgehead atoms. The summed E-state index contributed by atoms with van der Waals surface area (Å²) in [4.78, 5) is 8.78. The van der Waals surface area contributed by atoms with Gasteiger partial charge in [0, 0.05) is 0 Å². The Hall–Kier alpha value is -0.780. The fraction of sp³-hybridized carbons (Fsp3) is 0.962. The summed E-state index contributed by atoms with van der Waals surface area (Å²) in [5, 5.41) is 8.78. The zero-order valence-corrected chi connectivity index (χ0v) is 21.5. The third-order valence-corrected chi connectivity index (χ3v) is 6.18. The number of carboxylic acid groups (broad SMARTS) is 1. The lowest BCUT2D eigenvalue weighted by Gasteiger charge is -2.39. The van der Waals surface area contributed by atoms with Gasteiger partial charge in [-0.05, 0) is 51.4 Å². The number of quaternary nitrogens is 1. The maximum atomic E-state index is 10.5. The van der Waals surface area contributed by atoms with E-state index in [0.29, 0.717) is 0 Å². The Labute approximate surface area is 196 Å². The van der Waals surface area contributed by atoms with Gasteiger partial charge in [0.1, 0.15) is 5.97 Å². The number of aliphatic carboxylic acids is 1. The van der Waals surface area contributed by atoms with E-state index < -0.39 is 12.1 Å². The summed E-state index contributed by atoms with van der Waals surface area (Å²) in [6.45, 7) is 15.2. The van der Waals surface area contributed by atoms with Crippen LogP contribution in [-0.4, -0.2) is 42.8 Å². The highest BCUT2D eigenvalue weighted by atomic mass is 19.4. The molecular weight excluding hydrogens is 415 g/mol. The normalized spacial score (nSPS) is 11.8. The van der Waals surface area contributed by atoms with E-state index >= 15 is 0 Å². The van der Waals surface area contributed by atoms with Crippen molar-refractivity contribution in [1.29, 1.82) is 0 Å². The van der Waals surface area contributed by atoms with Gasteiger partial charge in [0.05, 0.1) is 26.2 Å². The number of hydrogen-bond acceptors (Lipinski definition) is 2. The average molecular weight is 468 g/mol. The predicted octanol–water partition coefficient (Wildman–Crippen LogP) is 7.42. The predicted molar refractivity (Wildman–Crippen MR) is 127 cm³/mol. The first-order chi connectivity index (χ1) is 15.2. The van der Waals surface area contributed by atoms with Crippen LogP contribution in [0.5, 0.6) is 0 Å². The lowest BCUT2D eigenvalue weighted by Crippen LogP contribution is -2.50. The number of alkyl halides is 3. The number of carboxylic acids is 1. The molecule has 194 valence electrons. The van der Waals surface area contributed by atoms with E-state index in [0.717, 1.165) is 0 Å². The SMILES string of the molecule is CCCCCC[N+](CCCCCC)(CCCCCC)CCCCCC.O=C([O-])C(F)(F)F. The van der Waals surface area contributed by atoms with E-state index in [1.807, 2.05) is 0 Å². The van der Waals surface area contributed by atoms with Crippen molar-refractivity contribution in [3.05, 3.63) is 0 Å². The molecule has 3 nitrogen and oxygen atoms in total. The molecule has 0 saturated heterocycles. The van der Waals surface area contributed by atoms with E-state index in [-0.39, 0.29) is 0 Å². The summed E-state index contributed by atoms with van der Waals surface area (Å²) < 4.78 is 33.0. The van der Waals surface area contributed by atoms with E-state index in [2.05, 4.69) is 27.7 Å². The number of rotatable bonds is 20. The van der Waals surface area contributed by atoms with Gasteiger partial charge < -0.3 is 14.4 Å². The zero-order chi connectivity index (χ0) is 24.7. The first-order valence-electron chi connectivity index (χ1n) is 13.3. The van der Waals surface area contributed by atoms with Crippen molar-refractivity contribution >= 4 is 5.97 Å². The number of carbonyl (C=O) groups is 1. The van der Waals surface area contributed by atoms with Crippen molar-refractivity contribution in [3.8, 4) is 0 Å². The highest BCUT2D eigenvalue weighted by Crippen LogP contribution is 2.19. The van der Waals surface area contributed by atoms with Gasteiger partial charge in [-0.2, -0.15) is 13.2 Å². The van der Waals surface area contributed by atoms with E-state index in [4.69, 9.17) is 9.90 Å². The molecular formula is C26H52F3NO2. The molecule has 32 heavy (non-hydrogen) atoms. The Balaban J connectivity index is 0. The monoisotopic (exact) mass is 467 g/mol. The molecule has 0 aliphatic rings. The van der Waals surface area contributed by atoms with Gasteiger partial charge in [-0.15, -0.1) is 0 Å². The van der Waals surface area contributed by atoms with Gasteiger partial charge in [0.2, 0.25) is 0 Å². The summed E-state index contributed by atoms with van der Waals surface area (Å²) in [7, 11) is 0. The smallest absolute Gasteiger partial charge is 0.430 e. The van der Waals surface area contributed by atoms with Gasteiger partial charge >= 0.3 is 6.18 Å². The Kier molecular flexibility index (Phi) is 23.0. The van der Waals surface area contributed by atoms with Crippen molar-refractivity contribution in [3.63, 3.8) is 0 Å². The number of carbonyl (C=O) groups excluding carboxylic acids is 1. The van der Waals surface area contributed by atoms with Crippen LogP contribution in [0.15, 0.2) is 0 Å². The molecule has 0 heterocycles. The molecule has 0 amide bonds. The van der Waals surface area contributed by atoms with Gasteiger partial charge in [0.25, 0.3) is 0 Å². The van der Waals surface area contributed by atoms with Crippen LogP contribution in [-0.2, 0) is 4.79 Å². The molecule has 6 heteroatoms. The minimum atomic E-state index is -5.19. The van der Waals surface area contributed by atoms with Crippen LogP contribution in [0.2, 0.25) is 0 Å². The molecule has 0 N–H and O–H groups in total. The lowest BCUT2D eigenvalue weighted by molar-refractivity contribution is -0.929. The van der Waals surface area contributed by atoms with E-state index in [9.17, 15) is 13.2 Å². The molecule has 0 aromatic heterocycles. The molecule has 0 rings (SSSR count). The standard InChI is InChI=1S/C24H52N.C2HF3O2/c1-5-9-13-17-21-25(22-18-14-10-6-2,23-19-15-11-7-3)24-20-16-12-8-4;3-2(4,5)1(6)7/h5-24H2,1-4H3;(H,6,7)/q+1;/p-1. The second-order valence-corrected chi connectivity index (χ2v) is 9.26. The van der Waals surface area contributed by atoms with Gasteiger partial charge in [0.15, 0.2) is 0 Å². The largest absolute Gasteiger partial charge is 0.542 e. The van der Waals surface area contributed by atoms with Crippen molar-refractivity contribution in [2.75, 3.05) is 26.2 Å². The van der Waals surface area contributed by atoms with Gasteiger partial charge in [-0.3, -0.25) is 0 Å². The molecule has 0 spiro atoms. The van der Waals surface area contributed by atoms with Crippen LogP contribution < -0.4 is 5.11 Å². The topological polar surface area (TPSA) is 40.1 Å². The minimum Gasteiger partial charge on any atom is -0.542 e. The summed E-state index contributed by atoms with van der Waals surface area (Å²) >= 11 is 0. The minimum absolute atomic E-state index is 1.36. The van der Waals surface area contributed by atoms with Crippen molar-refractivity contribution in [2.24, 2.45) is 0 Å². The highest BCUT2D eigenvalue weighted by Gasteiger charge is 2.29. The lowest BCUT2D eigenvalue weighted by atomic mass is 10.1. The molecule has 0 aliphatic carbocycles. The van der Waals surface area contributed by atoms with Crippen molar-refractivity contribution in [2.45, 2.75) is 137 Å². The van der Waals surface area contributed by atoms with Crippen LogP contribution in [0.4, 0.5) is 13.2 Å². The fourth-order valence-corrected chi connectivity index (χ4v) is 4.17. The quantitative estimate of drug-likeness (QED) is 0.138. The molecule has 0 unspecified atom stereocenters. The van der Waals surface area contributed by atoms with Crippen LogP contribution >= 0.6 is 0 Å². The van der Waals surface area contributed by atoms with E-state index in [1.54, 1.807) is 0 Å². The van der Waals surface area contributed by atoms with Crippen molar-refractivity contribution in [1.82, 2.24) is 0 Å². The molecule has 0 atom stereocenters. The van der Waals surface area contributed by atoms with Crippen LogP contribution in [0, 0.1) is 0 Å². The molecule has 0 aliphatic heterocycles. The molecule has 0 saturated carbocycles. The first kappa shape index (κ1) is 33.4. The van der Waals surface area contributed by atoms with Gasteiger partial charge in [-0.1, -0.05) is 79.1 Å². The molecule has 0 aromatic carbocycles. The first-order valence-corrected chi connectivity index (χ1v) is 13.3. The van der Waals surface area contributed by atoms with Crippen LogP contribution in [0.1, 0.15) is 130 Å². The van der Waals surface area contributed by atoms with Crippen LogP contribution in [0.25, 0.3) is 0 Å². The van der Waals surface area contributed by atoms with Gasteiger partial charge in [-0.25, -0.2) is 0 Å². The number of nitrogens with zero attached hydrogens (tertiary/aromatic N) is 1. The maximum Gasteiger partial charge on any atom is 0.430 e. The summed E-state index contributed by atoms with van der Waals surface area (Å²) in [6, 6.07) is 0. The zero-order valence-electron chi connectivity index (χ0n) is 21.5. The second-order valence-electron chi connectivity index (χ2n) is 9.26. The molecule has 0 radical (unpaired) electrons. The number of hydrogen-bond donors (Lipinski definition) is 0. The fourth-order valence-electron chi connectivity index (χ4n) is 4.17. The molecule has 0 aromatic rings.